The molecule has 0 unspecified atom stereocenters. The quantitative estimate of drug-likeness (QED) is 0.684. The molecular formula is C16H16N2O2. The Bertz CT molecular complexity index is 708. The van der Waals surface area contributed by atoms with E-state index in [2.05, 4.69) is 10.2 Å². The molecular weight excluding hydrogens is 252 g/mol. The van der Waals surface area contributed by atoms with E-state index in [0.717, 1.165) is 35.5 Å². The minimum absolute atomic E-state index is 0.130. The van der Waals surface area contributed by atoms with Gasteiger partial charge in [-0.3, -0.25) is 0 Å². The number of anilines is 1. The summed E-state index contributed by atoms with van der Waals surface area (Å²) in [5, 5.41) is 22.9. The Kier molecular flexibility index (Phi) is 2.13. The highest BCUT2D eigenvalue weighted by Gasteiger charge is 2.47. The molecule has 0 bridgehead atoms. The van der Waals surface area contributed by atoms with Gasteiger partial charge < -0.3 is 20.4 Å². The zero-order valence-corrected chi connectivity index (χ0v) is 11.2. The molecule has 3 N–H and O–H groups in total. The molecule has 2 aliphatic rings. The van der Waals surface area contributed by atoms with Crippen molar-refractivity contribution in [3.63, 3.8) is 0 Å². The lowest BCUT2D eigenvalue weighted by atomic mass is 9.75. The molecule has 2 heterocycles. The molecule has 0 saturated carbocycles. The van der Waals surface area contributed by atoms with E-state index in [9.17, 15) is 10.2 Å². The molecule has 0 amide bonds. The average molecular weight is 268 g/mol. The number of nitrogens with zero attached hydrogens (tertiary/aromatic N) is 1. The first-order valence-corrected chi connectivity index (χ1v) is 6.73. The van der Waals surface area contributed by atoms with Crippen molar-refractivity contribution >= 4 is 5.69 Å². The van der Waals surface area contributed by atoms with Crippen molar-refractivity contribution < 1.29 is 10.2 Å². The maximum Gasteiger partial charge on any atom is 0.117 e. The first-order chi connectivity index (χ1) is 9.62. The standard InChI is InChI=1S/C16H16N2O2/c1-18-15-7-11(20)3-5-13(15)12-4-2-10(19)6-14(12)16(18)8-17-9-16/h2-7,17,19-20H,8-9H2,1H3. The van der Waals surface area contributed by atoms with Crippen LogP contribution in [-0.4, -0.2) is 30.4 Å². The molecule has 4 heteroatoms. The minimum Gasteiger partial charge on any atom is -0.508 e. The number of nitrogens with one attached hydrogen (secondary N) is 1. The second-order valence-corrected chi connectivity index (χ2v) is 5.63. The molecule has 2 aromatic rings. The molecule has 0 aliphatic carbocycles. The van der Waals surface area contributed by atoms with Crippen molar-refractivity contribution in [1.29, 1.82) is 0 Å². The molecule has 0 atom stereocenters. The molecule has 4 rings (SSSR count). The summed E-state index contributed by atoms with van der Waals surface area (Å²) in [5.41, 5.74) is 4.28. The zero-order valence-electron chi connectivity index (χ0n) is 11.2. The Labute approximate surface area is 117 Å². The lowest BCUT2D eigenvalue weighted by Crippen LogP contribution is -2.66. The van der Waals surface area contributed by atoms with E-state index < -0.39 is 0 Å². The summed E-state index contributed by atoms with van der Waals surface area (Å²) in [5.74, 6) is 0.575. The molecule has 4 nitrogen and oxygen atoms in total. The van der Waals surface area contributed by atoms with Gasteiger partial charge in [-0.05, 0) is 35.4 Å². The largest absolute Gasteiger partial charge is 0.508 e. The van der Waals surface area contributed by atoms with Crippen molar-refractivity contribution in [3.8, 4) is 22.6 Å². The first kappa shape index (κ1) is 11.6. The summed E-state index contributed by atoms with van der Waals surface area (Å²) in [6, 6.07) is 11.0. The maximum atomic E-state index is 9.84. The van der Waals surface area contributed by atoms with Gasteiger partial charge >= 0.3 is 0 Å². The molecule has 2 aliphatic heterocycles. The third-order valence-corrected chi connectivity index (χ3v) is 4.61. The van der Waals surface area contributed by atoms with Crippen LogP contribution in [0.4, 0.5) is 5.69 Å². The summed E-state index contributed by atoms with van der Waals surface area (Å²) in [6.07, 6.45) is 0. The first-order valence-electron chi connectivity index (χ1n) is 6.73. The van der Waals surface area contributed by atoms with E-state index in [1.54, 1.807) is 12.1 Å². The Morgan fingerprint density at radius 1 is 1.00 bits per heavy atom. The number of hydrogen-bond acceptors (Lipinski definition) is 4. The van der Waals surface area contributed by atoms with Gasteiger partial charge in [-0.1, -0.05) is 6.07 Å². The van der Waals surface area contributed by atoms with Crippen molar-refractivity contribution in [2.24, 2.45) is 0 Å². The Hall–Kier alpha value is -2.20. The number of aromatic hydroxyl groups is 2. The molecule has 1 saturated heterocycles. The lowest BCUT2D eigenvalue weighted by Gasteiger charge is -2.54. The fourth-order valence-corrected chi connectivity index (χ4v) is 3.38. The Balaban J connectivity index is 2.05. The van der Waals surface area contributed by atoms with Crippen molar-refractivity contribution in [3.05, 3.63) is 42.0 Å². The number of benzene rings is 2. The zero-order chi connectivity index (χ0) is 13.9. The normalized spacial score (nSPS) is 18.4. The van der Waals surface area contributed by atoms with Gasteiger partial charge in [0.25, 0.3) is 0 Å². The number of phenolic OH excluding ortho intramolecular Hbond substituents is 2. The summed E-state index contributed by atoms with van der Waals surface area (Å²) in [6.45, 7) is 1.68. The van der Waals surface area contributed by atoms with Crippen LogP contribution in [0, 0.1) is 0 Å². The van der Waals surface area contributed by atoms with Crippen LogP contribution in [0.2, 0.25) is 0 Å². The topological polar surface area (TPSA) is 55.7 Å². The van der Waals surface area contributed by atoms with Crippen molar-refractivity contribution in [2.45, 2.75) is 5.54 Å². The van der Waals surface area contributed by atoms with E-state index in [0.29, 0.717) is 5.75 Å². The van der Waals surface area contributed by atoms with Crippen LogP contribution in [0.5, 0.6) is 11.5 Å². The van der Waals surface area contributed by atoms with Crippen molar-refractivity contribution in [1.82, 2.24) is 5.32 Å². The van der Waals surface area contributed by atoms with Crippen LogP contribution >= 0.6 is 0 Å². The van der Waals surface area contributed by atoms with Gasteiger partial charge in [-0.2, -0.15) is 0 Å². The number of fused-ring (bicyclic) bond motifs is 4. The number of hydrogen-bond donors (Lipinski definition) is 3. The lowest BCUT2D eigenvalue weighted by molar-refractivity contribution is 0.271. The fourth-order valence-electron chi connectivity index (χ4n) is 3.38. The maximum absolute atomic E-state index is 9.84. The van der Waals surface area contributed by atoms with Crippen LogP contribution in [0.3, 0.4) is 0 Å². The van der Waals surface area contributed by atoms with E-state index in [4.69, 9.17) is 0 Å². The molecule has 20 heavy (non-hydrogen) atoms. The molecule has 102 valence electrons. The number of phenols is 2. The van der Waals surface area contributed by atoms with E-state index in [1.165, 1.54) is 0 Å². The highest BCUT2D eigenvalue weighted by molar-refractivity contribution is 5.87. The Morgan fingerprint density at radius 2 is 1.65 bits per heavy atom. The highest BCUT2D eigenvalue weighted by atomic mass is 16.3. The monoisotopic (exact) mass is 268 g/mol. The fraction of sp³-hybridized carbons (Fsp3) is 0.250. The second kappa shape index (κ2) is 3.67. The minimum atomic E-state index is -0.130. The highest BCUT2D eigenvalue weighted by Crippen LogP contribution is 2.50. The summed E-state index contributed by atoms with van der Waals surface area (Å²) < 4.78 is 0. The van der Waals surface area contributed by atoms with Crippen LogP contribution in [0.1, 0.15) is 5.56 Å². The van der Waals surface area contributed by atoms with Crippen LogP contribution < -0.4 is 10.2 Å². The summed E-state index contributed by atoms with van der Waals surface area (Å²) >= 11 is 0. The second-order valence-electron chi connectivity index (χ2n) is 5.63. The van der Waals surface area contributed by atoms with Gasteiger partial charge in [0.1, 0.15) is 11.5 Å². The molecule has 2 aromatic carbocycles. The Morgan fingerprint density at radius 3 is 2.30 bits per heavy atom. The third kappa shape index (κ3) is 1.29. The summed E-state index contributed by atoms with van der Waals surface area (Å²) in [4.78, 5) is 2.21. The van der Waals surface area contributed by atoms with E-state index >= 15 is 0 Å². The number of rotatable bonds is 0. The van der Waals surface area contributed by atoms with Crippen LogP contribution in [0.25, 0.3) is 11.1 Å². The van der Waals surface area contributed by atoms with E-state index in [1.807, 2.05) is 31.3 Å². The van der Waals surface area contributed by atoms with Gasteiger partial charge in [0.15, 0.2) is 0 Å². The van der Waals surface area contributed by atoms with Gasteiger partial charge in [-0.15, -0.1) is 0 Å². The predicted octanol–water partition coefficient (Wildman–Crippen LogP) is 2.01. The number of likely N-dealkylation sites (N-methyl/N-ethyl adjacent to an activating group) is 1. The SMILES string of the molecule is CN1c2cc(O)ccc2-c2ccc(O)cc2C12CNC2. The smallest absolute Gasteiger partial charge is 0.117 e. The van der Waals surface area contributed by atoms with Gasteiger partial charge in [-0.25, -0.2) is 0 Å². The predicted molar refractivity (Wildman–Crippen MR) is 78.2 cm³/mol. The van der Waals surface area contributed by atoms with Gasteiger partial charge in [0.05, 0.1) is 5.54 Å². The molecule has 1 spiro atoms. The van der Waals surface area contributed by atoms with Gasteiger partial charge in [0, 0.05) is 37.5 Å². The van der Waals surface area contributed by atoms with Crippen molar-refractivity contribution in [2.75, 3.05) is 25.0 Å². The third-order valence-electron chi connectivity index (χ3n) is 4.61. The van der Waals surface area contributed by atoms with E-state index in [-0.39, 0.29) is 11.3 Å². The van der Waals surface area contributed by atoms with Gasteiger partial charge in [0.2, 0.25) is 0 Å². The van der Waals surface area contributed by atoms with Crippen LogP contribution in [0.15, 0.2) is 36.4 Å². The molecule has 0 aromatic heterocycles. The average Bonchev–Trinajstić information content (AvgIpc) is 2.37. The molecule has 0 radical (unpaired) electrons. The summed E-state index contributed by atoms with van der Waals surface area (Å²) in [7, 11) is 2.05. The van der Waals surface area contributed by atoms with Crippen LogP contribution in [-0.2, 0) is 5.54 Å². The molecule has 1 fully saturated rings.